The zero-order chi connectivity index (χ0) is 17.4. The van der Waals surface area contributed by atoms with Crippen molar-refractivity contribution in [1.82, 2.24) is 4.90 Å². The third kappa shape index (κ3) is 5.22. The fourth-order valence-electron chi connectivity index (χ4n) is 2.35. The predicted molar refractivity (Wildman–Crippen MR) is 103 cm³/mol. The second-order valence-corrected chi connectivity index (χ2v) is 5.92. The standard InChI is InChI=1S/C19H24N2O2S/c1-15-9-10-17(18(13-15)23-3)20-19(24)21(11-12-22-2)14-16-7-5-4-6-8-16/h4-10,13H,11-12,14H2,1-3H3,(H,20,24). The first-order valence-electron chi connectivity index (χ1n) is 7.87. The number of ether oxygens (including phenoxy) is 2. The molecule has 0 aliphatic rings. The number of rotatable bonds is 7. The Morgan fingerprint density at radius 3 is 2.54 bits per heavy atom. The highest BCUT2D eigenvalue weighted by atomic mass is 32.1. The van der Waals surface area contributed by atoms with E-state index < -0.39 is 0 Å². The van der Waals surface area contributed by atoms with Gasteiger partial charge in [-0.05, 0) is 42.4 Å². The van der Waals surface area contributed by atoms with Crippen LogP contribution >= 0.6 is 12.2 Å². The topological polar surface area (TPSA) is 33.7 Å². The smallest absolute Gasteiger partial charge is 0.173 e. The number of hydrogen-bond donors (Lipinski definition) is 1. The van der Waals surface area contributed by atoms with E-state index in [1.54, 1.807) is 14.2 Å². The highest BCUT2D eigenvalue weighted by Crippen LogP contribution is 2.25. The molecule has 2 rings (SSSR count). The van der Waals surface area contributed by atoms with Gasteiger partial charge in [0.25, 0.3) is 0 Å². The van der Waals surface area contributed by atoms with Crippen LogP contribution < -0.4 is 10.1 Å². The normalized spacial score (nSPS) is 10.3. The molecular weight excluding hydrogens is 320 g/mol. The van der Waals surface area contributed by atoms with Crippen molar-refractivity contribution in [1.29, 1.82) is 0 Å². The Hall–Kier alpha value is -2.11. The highest BCUT2D eigenvalue weighted by molar-refractivity contribution is 7.80. The number of methoxy groups -OCH3 is 2. The van der Waals surface area contributed by atoms with Crippen molar-refractivity contribution in [3.8, 4) is 5.75 Å². The summed E-state index contributed by atoms with van der Waals surface area (Å²) in [4.78, 5) is 2.09. The molecule has 128 valence electrons. The zero-order valence-corrected chi connectivity index (χ0v) is 15.2. The quantitative estimate of drug-likeness (QED) is 0.772. The van der Waals surface area contributed by atoms with E-state index in [4.69, 9.17) is 21.7 Å². The Kier molecular flexibility index (Phi) is 7.03. The van der Waals surface area contributed by atoms with E-state index in [2.05, 4.69) is 22.3 Å². The van der Waals surface area contributed by atoms with Crippen LogP contribution in [0.5, 0.6) is 5.75 Å². The first kappa shape index (κ1) is 18.2. The molecule has 2 aromatic rings. The lowest BCUT2D eigenvalue weighted by Crippen LogP contribution is -2.36. The number of hydrogen-bond acceptors (Lipinski definition) is 3. The maximum absolute atomic E-state index is 5.61. The first-order chi connectivity index (χ1) is 11.6. The van der Waals surface area contributed by atoms with Crippen molar-refractivity contribution in [2.75, 3.05) is 32.7 Å². The summed E-state index contributed by atoms with van der Waals surface area (Å²) in [5, 5.41) is 3.95. The van der Waals surface area contributed by atoms with Crippen LogP contribution in [0.15, 0.2) is 48.5 Å². The maximum atomic E-state index is 5.61. The lowest BCUT2D eigenvalue weighted by atomic mass is 10.2. The minimum absolute atomic E-state index is 0.611. The lowest BCUT2D eigenvalue weighted by molar-refractivity contribution is 0.175. The van der Waals surface area contributed by atoms with Gasteiger partial charge in [-0.1, -0.05) is 36.4 Å². The summed E-state index contributed by atoms with van der Waals surface area (Å²) in [6, 6.07) is 16.3. The second-order valence-electron chi connectivity index (χ2n) is 5.53. The van der Waals surface area contributed by atoms with Crippen molar-refractivity contribution in [2.24, 2.45) is 0 Å². The summed E-state index contributed by atoms with van der Waals surface area (Å²) >= 11 is 5.61. The Labute approximate surface area is 149 Å². The SMILES string of the molecule is COCCN(Cc1ccccc1)C(=S)Nc1ccc(C)cc1OC. The third-order valence-corrected chi connectivity index (χ3v) is 4.03. The predicted octanol–water partition coefficient (Wildman–Crippen LogP) is 3.85. The van der Waals surface area contributed by atoms with Gasteiger partial charge >= 0.3 is 0 Å². The van der Waals surface area contributed by atoms with E-state index in [0.717, 1.165) is 23.5 Å². The van der Waals surface area contributed by atoms with Crippen molar-refractivity contribution in [3.63, 3.8) is 0 Å². The van der Waals surface area contributed by atoms with Crippen LogP contribution in [0.4, 0.5) is 5.69 Å². The fourth-order valence-corrected chi connectivity index (χ4v) is 2.62. The summed E-state index contributed by atoms with van der Waals surface area (Å²) in [6.45, 7) is 4.08. The molecule has 0 radical (unpaired) electrons. The summed E-state index contributed by atoms with van der Waals surface area (Å²) in [6.07, 6.45) is 0. The molecule has 1 N–H and O–H groups in total. The minimum Gasteiger partial charge on any atom is -0.495 e. The van der Waals surface area contributed by atoms with Crippen molar-refractivity contribution < 1.29 is 9.47 Å². The molecule has 0 aromatic heterocycles. The molecule has 4 nitrogen and oxygen atoms in total. The number of benzene rings is 2. The average molecular weight is 344 g/mol. The molecule has 0 unspecified atom stereocenters. The summed E-state index contributed by atoms with van der Waals surface area (Å²) in [7, 11) is 3.36. The molecule has 2 aromatic carbocycles. The van der Waals surface area contributed by atoms with Gasteiger partial charge in [0.05, 0.1) is 19.4 Å². The number of aryl methyl sites for hydroxylation is 1. The second kappa shape index (κ2) is 9.25. The fraction of sp³-hybridized carbons (Fsp3) is 0.316. The molecule has 0 spiro atoms. The maximum Gasteiger partial charge on any atom is 0.173 e. The van der Waals surface area contributed by atoms with Crippen LogP contribution in [0, 0.1) is 6.92 Å². The largest absolute Gasteiger partial charge is 0.495 e. The van der Waals surface area contributed by atoms with Gasteiger partial charge in [-0.3, -0.25) is 0 Å². The van der Waals surface area contributed by atoms with Gasteiger partial charge in [-0.15, -0.1) is 0 Å². The van der Waals surface area contributed by atoms with Crippen LogP contribution in [-0.4, -0.2) is 37.4 Å². The summed E-state index contributed by atoms with van der Waals surface area (Å²) in [5.41, 5.74) is 3.21. The molecule has 0 fully saturated rings. The number of nitrogens with zero attached hydrogens (tertiary/aromatic N) is 1. The highest BCUT2D eigenvalue weighted by Gasteiger charge is 2.12. The zero-order valence-electron chi connectivity index (χ0n) is 14.4. The molecule has 0 heterocycles. The van der Waals surface area contributed by atoms with Gasteiger partial charge in [-0.2, -0.15) is 0 Å². The van der Waals surface area contributed by atoms with Crippen LogP contribution in [0.3, 0.4) is 0 Å². The van der Waals surface area contributed by atoms with Gasteiger partial charge in [0.15, 0.2) is 5.11 Å². The van der Waals surface area contributed by atoms with Crippen LogP contribution in [0.25, 0.3) is 0 Å². The summed E-state index contributed by atoms with van der Waals surface area (Å²) < 4.78 is 10.7. The average Bonchev–Trinajstić information content (AvgIpc) is 2.60. The van der Waals surface area contributed by atoms with Gasteiger partial charge in [0.1, 0.15) is 5.75 Å². The molecule has 24 heavy (non-hydrogen) atoms. The van der Waals surface area contributed by atoms with Crippen LogP contribution in [0.1, 0.15) is 11.1 Å². The molecule has 0 aliphatic heterocycles. The molecule has 0 saturated carbocycles. The lowest BCUT2D eigenvalue weighted by Gasteiger charge is -2.26. The van der Waals surface area contributed by atoms with Gasteiger partial charge < -0.3 is 19.7 Å². The Bertz CT molecular complexity index is 662. The first-order valence-corrected chi connectivity index (χ1v) is 8.28. The molecule has 5 heteroatoms. The van der Waals surface area contributed by atoms with Gasteiger partial charge in [-0.25, -0.2) is 0 Å². The van der Waals surface area contributed by atoms with Crippen molar-refractivity contribution in [3.05, 3.63) is 59.7 Å². The molecule has 0 amide bonds. The summed E-state index contributed by atoms with van der Waals surface area (Å²) in [5.74, 6) is 0.781. The van der Waals surface area contributed by atoms with E-state index in [0.29, 0.717) is 18.3 Å². The van der Waals surface area contributed by atoms with E-state index >= 15 is 0 Å². The van der Waals surface area contributed by atoms with E-state index in [1.807, 2.05) is 43.3 Å². The third-order valence-electron chi connectivity index (χ3n) is 3.67. The Balaban J connectivity index is 2.12. The van der Waals surface area contributed by atoms with E-state index in [9.17, 15) is 0 Å². The van der Waals surface area contributed by atoms with Gasteiger partial charge in [0, 0.05) is 20.2 Å². The van der Waals surface area contributed by atoms with E-state index in [-0.39, 0.29) is 0 Å². The van der Waals surface area contributed by atoms with E-state index in [1.165, 1.54) is 5.56 Å². The van der Waals surface area contributed by atoms with Crippen LogP contribution in [0.2, 0.25) is 0 Å². The molecular formula is C19H24N2O2S. The Morgan fingerprint density at radius 2 is 1.88 bits per heavy atom. The molecule has 0 aliphatic carbocycles. The minimum atomic E-state index is 0.611. The number of anilines is 1. The molecule has 0 atom stereocenters. The van der Waals surface area contributed by atoms with Crippen molar-refractivity contribution >= 4 is 23.0 Å². The molecule has 0 bridgehead atoms. The Morgan fingerprint density at radius 1 is 1.12 bits per heavy atom. The van der Waals surface area contributed by atoms with Crippen molar-refractivity contribution in [2.45, 2.75) is 13.5 Å². The monoisotopic (exact) mass is 344 g/mol. The van der Waals surface area contributed by atoms with Crippen LogP contribution in [-0.2, 0) is 11.3 Å². The number of thiocarbonyl (C=S) groups is 1. The molecule has 0 saturated heterocycles. The number of nitrogens with one attached hydrogen (secondary N) is 1. The van der Waals surface area contributed by atoms with Gasteiger partial charge in [0.2, 0.25) is 0 Å².